The third-order valence-electron chi connectivity index (χ3n) is 7.06. The maximum atomic E-state index is 13.7. The number of hydrogen-bond donors (Lipinski definition) is 0. The van der Waals surface area contributed by atoms with Gasteiger partial charge in [-0.05, 0) is 55.0 Å². The molecular formula is C25H20ClN3O3S. The molecule has 2 aromatic carbocycles. The number of carbonyl (C=O) groups excluding carboxylic acids is 3. The first-order valence-electron chi connectivity index (χ1n) is 10.9. The molecule has 3 aromatic rings. The van der Waals surface area contributed by atoms with Gasteiger partial charge in [-0.1, -0.05) is 53.3 Å². The molecule has 2 bridgehead atoms. The van der Waals surface area contributed by atoms with Crippen LogP contribution in [0.4, 0.5) is 10.8 Å². The fraction of sp³-hybridized carbons (Fsp3) is 0.280. The number of nitrogens with zero attached hydrogens (tertiary/aromatic N) is 3. The Labute approximate surface area is 199 Å². The number of carbonyl (C=O) groups is 3. The average molecular weight is 478 g/mol. The normalized spacial score (nSPS) is 25.3. The Bertz CT molecular complexity index is 1300. The molecule has 4 unspecified atom stereocenters. The summed E-state index contributed by atoms with van der Waals surface area (Å²) in [6, 6.07) is 13.0. The number of imide groups is 1. The molecule has 6 rings (SSSR count). The summed E-state index contributed by atoms with van der Waals surface area (Å²) < 4.78 is 0.940. The molecule has 3 aliphatic rings. The van der Waals surface area contributed by atoms with E-state index in [1.807, 2.05) is 43.3 Å². The first-order chi connectivity index (χ1) is 15.9. The number of allylic oxidation sites excluding steroid dienone is 2. The highest BCUT2D eigenvalue weighted by molar-refractivity contribution is 7.22. The molecule has 0 spiro atoms. The molecule has 166 valence electrons. The van der Waals surface area contributed by atoms with Gasteiger partial charge in [0.1, 0.15) is 6.54 Å². The number of thiazole rings is 1. The maximum absolute atomic E-state index is 13.7. The number of hydrogen-bond acceptors (Lipinski definition) is 5. The second-order valence-corrected chi connectivity index (χ2v) is 10.3. The first-order valence-corrected chi connectivity index (χ1v) is 12.1. The van der Waals surface area contributed by atoms with Gasteiger partial charge in [-0.3, -0.25) is 24.2 Å². The zero-order chi connectivity index (χ0) is 22.9. The van der Waals surface area contributed by atoms with E-state index in [0.717, 1.165) is 27.1 Å². The van der Waals surface area contributed by atoms with Crippen molar-refractivity contribution in [1.82, 2.24) is 9.88 Å². The summed E-state index contributed by atoms with van der Waals surface area (Å²) in [6.45, 7) is 1.52. The molecule has 1 aromatic heterocycles. The number of anilines is 2. The second-order valence-electron chi connectivity index (χ2n) is 8.84. The lowest BCUT2D eigenvalue weighted by molar-refractivity contribution is -0.143. The molecule has 1 saturated heterocycles. The van der Waals surface area contributed by atoms with Gasteiger partial charge >= 0.3 is 0 Å². The summed E-state index contributed by atoms with van der Waals surface area (Å²) in [5.41, 5.74) is 2.10. The summed E-state index contributed by atoms with van der Waals surface area (Å²) in [5.74, 6) is -1.31. The minimum absolute atomic E-state index is 0.104. The van der Waals surface area contributed by atoms with E-state index in [1.54, 1.807) is 18.2 Å². The Kier molecular flexibility index (Phi) is 4.67. The Morgan fingerprint density at radius 3 is 2.48 bits per heavy atom. The summed E-state index contributed by atoms with van der Waals surface area (Å²) in [6.07, 6.45) is 4.95. The van der Waals surface area contributed by atoms with Crippen LogP contribution in [0.25, 0.3) is 10.2 Å². The molecule has 2 fully saturated rings. The quantitative estimate of drug-likeness (QED) is 0.402. The molecule has 2 heterocycles. The zero-order valence-electron chi connectivity index (χ0n) is 17.8. The number of rotatable bonds is 4. The van der Waals surface area contributed by atoms with Gasteiger partial charge in [0.25, 0.3) is 5.91 Å². The van der Waals surface area contributed by atoms with E-state index in [0.29, 0.717) is 15.8 Å². The molecule has 1 aliphatic heterocycles. The van der Waals surface area contributed by atoms with Gasteiger partial charge in [0, 0.05) is 5.02 Å². The molecule has 33 heavy (non-hydrogen) atoms. The van der Waals surface area contributed by atoms with Crippen molar-refractivity contribution in [2.75, 3.05) is 11.4 Å². The van der Waals surface area contributed by atoms with Crippen molar-refractivity contribution in [2.45, 2.75) is 13.3 Å². The minimum atomic E-state index is -0.388. The van der Waals surface area contributed by atoms with Gasteiger partial charge in [-0.25, -0.2) is 4.98 Å². The predicted molar refractivity (Wildman–Crippen MR) is 127 cm³/mol. The highest BCUT2D eigenvalue weighted by atomic mass is 35.5. The van der Waals surface area contributed by atoms with Crippen LogP contribution in [-0.4, -0.2) is 34.2 Å². The number of halogens is 1. The molecule has 8 heteroatoms. The topological polar surface area (TPSA) is 70.6 Å². The molecule has 6 nitrogen and oxygen atoms in total. The lowest BCUT2D eigenvalue weighted by Crippen LogP contribution is -2.42. The van der Waals surface area contributed by atoms with Crippen LogP contribution in [0.15, 0.2) is 54.6 Å². The van der Waals surface area contributed by atoms with Crippen LogP contribution >= 0.6 is 22.9 Å². The fourth-order valence-electron chi connectivity index (χ4n) is 5.46. The van der Waals surface area contributed by atoms with Crippen molar-refractivity contribution >= 4 is 61.7 Å². The van der Waals surface area contributed by atoms with E-state index < -0.39 is 0 Å². The largest absolute Gasteiger partial charge is 0.274 e. The highest BCUT2D eigenvalue weighted by Gasteiger charge is 2.59. The van der Waals surface area contributed by atoms with E-state index in [4.69, 9.17) is 11.6 Å². The van der Waals surface area contributed by atoms with Crippen LogP contribution in [0.2, 0.25) is 5.02 Å². The second kappa shape index (κ2) is 7.50. The van der Waals surface area contributed by atoms with Crippen LogP contribution in [0, 0.1) is 30.6 Å². The summed E-state index contributed by atoms with van der Waals surface area (Å²) in [5, 5.41) is 1.00. The van der Waals surface area contributed by atoms with Crippen molar-refractivity contribution in [3.8, 4) is 0 Å². The van der Waals surface area contributed by atoms with Crippen LogP contribution < -0.4 is 4.90 Å². The van der Waals surface area contributed by atoms with Gasteiger partial charge in [0.2, 0.25) is 11.8 Å². The number of amides is 3. The van der Waals surface area contributed by atoms with E-state index in [2.05, 4.69) is 4.98 Å². The van der Waals surface area contributed by atoms with Gasteiger partial charge in [-0.15, -0.1) is 0 Å². The van der Waals surface area contributed by atoms with Crippen LogP contribution in [0.5, 0.6) is 0 Å². The average Bonchev–Trinajstić information content (AvgIpc) is 3.57. The highest BCUT2D eigenvalue weighted by Crippen LogP contribution is 2.52. The number of aromatic nitrogens is 1. The number of para-hydroxylation sites is 1. The van der Waals surface area contributed by atoms with E-state index >= 15 is 0 Å². The van der Waals surface area contributed by atoms with Gasteiger partial charge in [0.05, 0.1) is 27.7 Å². The maximum Gasteiger partial charge on any atom is 0.253 e. The predicted octanol–water partition coefficient (Wildman–Crippen LogP) is 4.73. The zero-order valence-corrected chi connectivity index (χ0v) is 19.3. The molecular weight excluding hydrogens is 458 g/mol. The molecule has 2 aliphatic carbocycles. The van der Waals surface area contributed by atoms with E-state index in [-0.39, 0.29) is 47.9 Å². The van der Waals surface area contributed by atoms with Crippen LogP contribution in [0.1, 0.15) is 12.0 Å². The minimum Gasteiger partial charge on any atom is -0.274 e. The lowest BCUT2D eigenvalue weighted by Gasteiger charge is -2.25. The van der Waals surface area contributed by atoms with E-state index in [1.165, 1.54) is 16.2 Å². The van der Waals surface area contributed by atoms with Crippen molar-refractivity contribution in [3.63, 3.8) is 0 Å². The smallest absolute Gasteiger partial charge is 0.253 e. The summed E-state index contributed by atoms with van der Waals surface area (Å²) in [7, 11) is 0. The van der Waals surface area contributed by atoms with Gasteiger partial charge < -0.3 is 0 Å². The van der Waals surface area contributed by atoms with Gasteiger partial charge in [-0.2, -0.15) is 0 Å². The third kappa shape index (κ3) is 3.06. The number of benzene rings is 2. The molecule has 4 atom stereocenters. The number of fused-ring (bicyclic) bond motifs is 6. The van der Waals surface area contributed by atoms with Crippen LogP contribution in [-0.2, 0) is 14.4 Å². The Balaban J connectivity index is 1.38. The Morgan fingerprint density at radius 2 is 1.79 bits per heavy atom. The lowest BCUT2D eigenvalue weighted by atomic mass is 9.85. The Morgan fingerprint density at radius 1 is 1.09 bits per heavy atom. The fourth-order valence-corrected chi connectivity index (χ4v) is 6.63. The summed E-state index contributed by atoms with van der Waals surface area (Å²) in [4.78, 5) is 47.3. The standard InChI is InChI=1S/C25H20ClN3O3S/c1-13-16(26)5-4-7-18(13)29(25-27-17-6-2-3-8-19(17)33-25)20(30)12-28-23(31)21-14-9-10-15(11-14)22(21)24(28)32/h2-10,14-15,21-22H,11-12H2,1H3. The molecule has 0 radical (unpaired) electrons. The molecule has 3 amide bonds. The molecule has 1 saturated carbocycles. The summed E-state index contributed by atoms with van der Waals surface area (Å²) >= 11 is 7.75. The van der Waals surface area contributed by atoms with Crippen molar-refractivity contribution < 1.29 is 14.4 Å². The van der Waals surface area contributed by atoms with Crippen LogP contribution in [0.3, 0.4) is 0 Å². The molecule has 0 N–H and O–H groups in total. The SMILES string of the molecule is Cc1c(Cl)cccc1N(C(=O)CN1C(=O)C2C3C=CC(C3)C2C1=O)c1nc2ccccc2s1. The Hall–Kier alpha value is -3.03. The first kappa shape index (κ1) is 20.6. The van der Waals surface area contributed by atoms with Gasteiger partial charge in [0.15, 0.2) is 5.13 Å². The monoisotopic (exact) mass is 477 g/mol. The van der Waals surface area contributed by atoms with Crippen molar-refractivity contribution in [3.05, 3.63) is 65.2 Å². The van der Waals surface area contributed by atoms with E-state index in [9.17, 15) is 14.4 Å². The third-order valence-corrected chi connectivity index (χ3v) is 8.49. The van der Waals surface area contributed by atoms with Crippen molar-refractivity contribution in [1.29, 1.82) is 0 Å². The number of likely N-dealkylation sites (tertiary alicyclic amines) is 1. The van der Waals surface area contributed by atoms with Crippen molar-refractivity contribution in [2.24, 2.45) is 23.7 Å².